The van der Waals surface area contributed by atoms with Crippen LogP contribution in [0.4, 0.5) is 0 Å². The van der Waals surface area contributed by atoms with Gasteiger partial charge in [0.25, 0.3) is 0 Å². The number of benzene rings is 1. The molecule has 0 unspecified atom stereocenters. The quantitative estimate of drug-likeness (QED) is 0.547. The van der Waals surface area contributed by atoms with Crippen LogP contribution in [0.25, 0.3) is 10.6 Å². The lowest BCUT2D eigenvalue weighted by Crippen LogP contribution is -2.06. The average Bonchev–Trinajstić information content (AvgIpc) is 3.39. The maximum absolute atomic E-state index is 4.78. The average molecular weight is 371 g/mol. The van der Waals surface area contributed by atoms with E-state index in [1.165, 1.54) is 37.1 Å². The summed E-state index contributed by atoms with van der Waals surface area (Å²) in [5, 5.41) is 13.2. The topological polar surface area (TPSA) is 43.6 Å². The van der Waals surface area contributed by atoms with Crippen LogP contribution in [0.2, 0.25) is 0 Å². The van der Waals surface area contributed by atoms with Crippen LogP contribution >= 0.6 is 23.1 Å². The number of nitrogens with zero attached hydrogens (tertiary/aromatic N) is 4. The molecule has 0 radical (unpaired) electrons. The summed E-state index contributed by atoms with van der Waals surface area (Å²) in [6.07, 6.45) is 5.17. The predicted molar refractivity (Wildman–Crippen MR) is 104 cm³/mol. The van der Waals surface area contributed by atoms with E-state index in [0.717, 1.165) is 28.2 Å². The van der Waals surface area contributed by atoms with Crippen LogP contribution in [0, 0.1) is 0 Å². The van der Waals surface area contributed by atoms with Gasteiger partial charge >= 0.3 is 0 Å². The van der Waals surface area contributed by atoms with Gasteiger partial charge in [-0.25, -0.2) is 4.98 Å². The Labute approximate surface area is 156 Å². The van der Waals surface area contributed by atoms with Crippen LogP contribution in [-0.2, 0) is 12.3 Å². The first-order chi connectivity index (χ1) is 12.3. The molecule has 0 spiro atoms. The zero-order chi connectivity index (χ0) is 17.1. The molecule has 1 saturated carbocycles. The van der Waals surface area contributed by atoms with Crippen molar-refractivity contribution >= 4 is 23.1 Å². The van der Waals surface area contributed by atoms with Crippen molar-refractivity contribution in [2.75, 3.05) is 0 Å². The third-order valence-corrected chi connectivity index (χ3v) is 6.64. The number of hydrogen-bond acceptors (Lipinski definition) is 5. The summed E-state index contributed by atoms with van der Waals surface area (Å²) in [7, 11) is 0. The summed E-state index contributed by atoms with van der Waals surface area (Å²) >= 11 is 3.45. The summed E-state index contributed by atoms with van der Waals surface area (Å²) in [6.45, 7) is 3.12. The first-order valence-corrected chi connectivity index (χ1v) is 10.8. The van der Waals surface area contributed by atoms with Gasteiger partial charge in [-0.2, -0.15) is 0 Å². The molecule has 2 aromatic heterocycles. The molecule has 25 heavy (non-hydrogen) atoms. The molecule has 0 amide bonds. The number of hydrogen-bond donors (Lipinski definition) is 0. The van der Waals surface area contributed by atoms with Crippen molar-refractivity contribution in [3.8, 4) is 10.6 Å². The van der Waals surface area contributed by atoms with Gasteiger partial charge in [0.2, 0.25) is 0 Å². The second-order valence-electron chi connectivity index (χ2n) is 6.37. The second kappa shape index (κ2) is 7.70. The number of thioether (sulfide) groups is 1. The normalized spacial score (nSPS) is 15.1. The fourth-order valence-electron chi connectivity index (χ4n) is 3.42. The third kappa shape index (κ3) is 3.65. The van der Waals surface area contributed by atoms with E-state index in [1.807, 2.05) is 6.07 Å². The fraction of sp³-hybridized carbons (Fsp3) is 0.421. The SMILES string of the molecule is CCn1c(SCc2csc(-c3ccccc3)n2)nnc1C1CCCC1. The Kier molecular flexibility index (Phi) is 5.17. The molecular formula is C19H22N4S2. The minimum atomic E-state index is 0.603. The molecule has 0 N–H and O–H groups in total. The summed E-state index contributed by atoms with van der Waals surface area (Å²) in [4.78, 5) is 4.78. The van der Waals surface area contributed by atoms with Crippen molar-refractivity contribution in [1.29, 1.82) is 0 Å². The van der Waals surface area contributed by atoms with Crippen LogP contribution in [0.3, 0.4) is 0 Å². The van der Waals surface area contributed by atoms with E-state index >= 15 is 0 Å². The van der Waals surface area contributed by atoms with Crippen molar-refractivity contribution in [3.05, 3.63) is 47.2 Å². The lowest BCUT2D eigenvalue weighted by Gasteiger charge is -2.11. The van der Waals surface area contributed by atoms with Gasteiger partial charge in [0.05, 0.1) is 5.69 Å². The van der Waals surface area contributed by atoms with E-state index in [9.17, 15) is 0 Å². The molecule has 3 aromatic rings. The van der Waals surface area contributed by atoms with Gasteiger partial charge in [-0.15, -0.1) is 21.5 Å². The van der Waals surface area contributed by atoms with E-state index in [0.29, 0.717) is 5.92 Å². The molecule has 1 aromatic carbocycles. The minimum Gasteiger partial charge on any atom is -0.306 e. The van der Waals surface area contributed by atoms with Gasteiger partial charge in [0.1, 0.15) is 10.8 Å². The van der Waals surface area contributed by atoms with Crippen molar-refractivity contribution in [2.45, 2.75) is 56.0 Å². The van der Waals surface area contributed by atoms with Crippen LogP contribution in [0.5, 0.6) is 0 Å². The Morgan fingerprint density at radius 1 is 1.16 bits per heavy atom. The zero-order valence-electron chi connectivity index (χ0n) is 14.4. The van der Waals surface area contributed by atoms with E-state index in [2.05, 4.69) is 51.3 Å². The van der Waals surface area contributed by atoms with Crippen LogP contribution < -0.4 is 0 Å². The van der Waals surface area contributed by atoms with Crippen molar-refractivity contribution in [2.24, 2.45) is 0 Å². The molecule has 6 heteroatoms. The van der Waals surface area contributed by atoms with Crippen molar-refractivity contribution < 1.29 is 0 Å². The first-order valence-electron chi connectivity index (χ1n) is 8.91. The summed E-state index contributed by atoms with van der Waals surface area (Å²) < 4.78 is 2.30. The van der Waals surface area contributed by atoms with Crippen LogP contribution in [0.15, 0.2) is 40.9 Å². The highest BCUT2D eigenvalue weighted by Crippen LogP contribution is 2.35. The summed E-state index contributed by atoms with van der Waals surface area (Å²) in [6, 6.07) is 10.4. The molecule has 1 aliphatic rings. The summed E-state index contributed by atoms with van der Waals surface area (Å²) in [5.41, 5.74) is 2.30. The highest BCUT2D eigenvalue weighted by atomic mass is 32.2. The molecular weight excluding hydrogens is 348 g/mol. The highest BCUT2D eigenvalue weighted by molar-refractivity contribution is 7.98. The van der Waals surface area contributed by atoms with Crippen LogP contribution in [0.1, 0.15) is 50.0 Å². The number of aromatic nitrogens is 4. The first kappa shape index (κ1) is 16.8. The molecule has 0 atom stereocenters. The Hall–Kier alpha value is -1.66. The monoisotopic (exact) mass is 370 g/mol. The largest absolute Gasteiger partial charge is 0.306 e. The smallest absolute Gasteiger partial charge is 0.191 e. The molecule has 4 rings (SSSR count). The molecule has 130 valence electrons. The number of thiazole rings is 1. The van der Waals surface area contributed by atoms with Gasteiger partial charge in [0.15, 0.2) is 5.16 Å². The van der Waals surface area contributed by atoms with Crippen molar-refractivity contribution in [3.63, 3.8) is 0 Å². The van der Waals surface area contributed by atoms with Gasteiger partial charge in [-0.3, -0.25) is 0 Å². The molecule has 1 aliphatic carbocycles. The maximum atomic E-state index is 4.78. The Balaban J connectivity index is 1.46. The van der Waals surface area contributed by atoms with Gasteiger partial charge in [0, 0.05) is 29.2 Å². The third-order valence-electron chi connectivity index (χ3n) is 4.70. The Morgan fingerprint density at radius 2 is 1.96 bits per heavy atom. The van der Waals surface area contributed by atoms with E-state index in [-0.39, 0.29) is 0 Å². The van der Waals surface area contributed by atoms with Crippen molar-refractivity contribution in [1.82, 2.24) is 19.7 Å². The minimum absolute atomic E-state index is 0.603. The highest BCUT2D eigenvalue weighted by Gasteiger charge is 2.24. The predicted octanol–water partition coefficient (Wildman–Crippen LogP) is 5.37. The molecule has 2 heterocycles. The van der Waals surface area contributed by atoms with Gasteiger partial charge in [-0.05, 0) is 19.8 Å². The van der Waals surface area contributed by atoms with E-state index in [4.69, 9.17) is 4.98 Å². The zero-order valence-corrected chi connectivity index (χ0v) is 16.0. The molecule has 0 bridgehead atoms. The van der Waals surface area contributed by atoms with E-state index in [1.54, 1.807) is 23.1 Å². The standard InChI is InChI=1S/C19H22N4S2/c1-2-23-17(14-8-6-7-9-14)21-22-19(23)25-13-16-12-24-18(20-16)15-10-4-3-5-11-15/h3-5,10-12,14H,2,6-9,13H2,1H3. The van der Waals surface area contributed by atoms with Crippen LogP contribution in [-0.4, -0.2) is 19.7 Å². The summed E-state index contributed by atoms with van der Waals surface area (Å²) in [5.74, 6) is 2.63. The molecule has 4 nitrogen and oxygen atoms in total. The Morgan fingerprint density at radius 3 is 2.72 bits per heavy atom. The van der Waals surface area contributed by atoms with Gasteiger partial charge in [-0.1, -0.05) is 54.9 Å². The molecule has 0 aliphatic heterocycles. The Bertz CT molecular complexity index is 819. The maximum Gasteiger partial charge on any atom is 0.191 e. The van der Waals surface area contributed by atoms with E-state index < -0.39 is 0 Å². The van der Waals surface area contributed by atoms with Gasteiger partial charge < -0.3 is 4.57 Å². The second-order valence-corrected chi connectivity index (χ2v) is 8.17. The molecule has 0 saturated heterocycles. The lowest BCUT2D eigenvalue weighted by atomic mass is 10.1. The fourth-order valence-corrected chi connectivity index (χ4v) is 5.25. The number of rotatable bonds is 6. The lowest BCUT2D eigenvalue weighted by molar-refractivity contribution is 0.576. The molecule has 1 fully saturated rings.